The fourth-order valence-electron chi connectivity index (χ4n) is 4.09. The van der Waals surface area contributed by atoms with Crippen LogP contribution in [-0.2, 0) is 0 Å². The first-order valence-electron chi connectivity index (χ1n) is 7.51. The molecular formula is C17H23NO. The monoisotopic (exact) mass is 257 g/mol. The number of amides is 1. The van der Waals surface area contributed by atoms with Crippen molar-refractivity contribution >= 4 is 5.91 Å². The molecule has 2 bridgehead atoms. The number of fused-ring (bicyclic) bond motifs is 2. The molecule has 2 fully saturated rings. The third kappa shape index (κ3) is 2.54. The van der Waals surface area contributed by atoms with Gasteiger partial charge < -0.3 is 5.32 Å². The van der Waals surface area contributed by atoms with E-state index in [0.717, 1.165) is 23.0 Å². The summed E-state index contributed by atoms with van der Waals surface area (Å²) < 4.78 is 0. The average molecular weight is 257 g/mol. The molecule has 2 aliphatic rings. The highest BCUT2D eigenvalue weighted by Crippen LogP contribution is 2.49. The molecule has 0 aliphatic heterocycles. The summed E-state index contributed by atoms with van der Waals surface area (Å²) in [6.07, 6.45) is 5.51. The van der Waals surface area contributed by atoms with Crippen LogP contribution in [0.3, 0.4) is 0 Å². The topological polar surface area (TPSA) is 29.1 Å². The third-order valence-corrected chi connectivity index (χ3v) is 5.07. The van der Waals surface area contributed by atoms with Crippen LogP contribution in [0.5, 0.6) is 0 Å². The normalized spacial score (nSPS) is 30.3. The Labute approximate surface area is 115 Å². The van der Waals surface area contributed by atoms with Gasteiger partial charge in [0, 0.05) is 11.6 Å². The van der Waals surface area contributed by atoms with E-state index in [1.165, 1.54) is 25.7 Å². The van der Waals surface area contributed by atoms with Crippen LogP contribution in [0.15, 0.2) is 24.3 Å². The molecule has 102 valence electrons. The van der Waals surface area contributed by atoms with Gasteiger partial charge in [0.25, 0.3) is 5.91 Å². The summed E-state index contributed by atoms with van der Waals surface area (Å²) in [6, 6.07) is 8.14. The molecule has 0 radical (unpaired) electrons. The van der Waals surface area contributed by atoms with Gasteiger partial charge in [0.1, 0.15) is 0 Å². The van der Waals surface area contributed by atoms with Crippen LogP contribution < -0.4 is 5.32 Å². The van der Waals surface area contributed by atoms with Crippen molar-refractivity contribution in [2.75, 3.05) is 0 Å². The van der Waals surface area contributed by atoms with Gasteiger partial charge in [-0.1, -0.05) is 24.1 Å². The summed E-state index contributed by atoms with van der Waals surface area (Å²) in [7, 11) is 0. The van der Waals surface area contributed by atoms with Crippen LogP contribution in [0.25, 0.3) is 0 Å². The molecule has 0 unspecified atom stereocenters. The van der Waals surface area contributed by atoms with Gasteiger partial charge in [-0.05, 0) is 63.0 Å². The first-order chi connectivity index (χ1) is 9.13. The summed E-state index contributed by atoms with van der Waals surface area (Å²) in [5, 5.41) is 3.21. The molecule has 2 heteroatoms. The number of hydrogen-bond acceptors (Lipinski definition) is 1. The van der Waals surface area contributed by atoms with E-state index in [1.807, 2.05) is 31.2 Å². The Bertz CT molecular complexity index is 482. The van der Waals surface area contributed by atoms with Gasteiger partial charge in [0.2, 0.25) is 0 Å². The first-order valence-corrected chi connectivity index (χ1v) is 7.51. The standard InChI is InChI=1S/C17H23NO/c1-11-4-3-5-15(8-11)17(19)18-12(2)16-10-13-6-7-14(16)9-13/h3-5,8,12-14,16H,6-7,9-10H2,1-2H3,(H,18,19)/t12-,13-,14-,16-/m0/s1. The van der Waals surface area contributed by atoms with E-state index in [-0.39, 0.29) is 5.91 Å². The number of carbonyl (C=O) groups excluding carboxylic acids is 1. The van der Waals surface area contributed by atoms with Gasteiger partial charge >= 0.3 is 0 Å². The number of benzene rings is 1. The quantitative estimate of drug-likeness (QED) is 0.881. The van der Waals surface area contributed by atoms with E-state index in [2.05, 4.69) is 12.2 Å². The minimum Gasteiger partial charge on any atom is -0.349 e. The SMILES string of the molecule is Cc1cccc(C(=O)N[C@@H](C)[C@@H]2C[C@H]3CC[C@H]2C3)c1. The van der Waals surface area contributed by atoms with Gasteiger partial charge in [0.15, 0.2) is 0 Å². The van der Waals surface area contributed by atoms with Crippen LogP contribution in [-0.4, -0.2) is 11.9 Å². The van der Waals surface area contributed by atoms with Crippen molar-refractivity contribution in [3.05, 3.63) is 35.4 Å². The Hall–Kier alpha value is -1.31. The maximum atomic E-state index is 12.3. The number of hydrogen-bond donors (Lipinski definition) is 1. The molecule has 3 rings (SSSR count). The van der Waals surface area contributed by atoms with Crippen molar-refractivity contribution in [2.24, 2.45) is 17.8 Å². The van der Waals surface area contributed by atoms with Crippen molar-refractivity contribution in [2.45, 2.75) is 45.6 Å². The van der Waals surface area contributed by atoms with Crippen LogP contribution >= 0.6 is 0 Å². The molecule has 1 aromatic rings. The van der Waals surface area contributed by atoms with E-state index in [1.54, 1.807) is 0 Å². The summed E-state index contributed by atoms with van der Waals surface area (Å²) in [4.78, 5) is 12.3. The smallest absolute Gasteiger partial charge is 0.251 e. The second-order valence-corrected chi connectivity index (χ2v) is 6.47. The highest BCUT2D eigenvalue weighted by Gasteiger charge is 2.42. The van der Waals surface area contributed by atoms with Crippen LogP contribution in [0.2, 0.25) is 0 Å². The Morgan fingerprint density at radius 3 is 2.79 bits per heavy atom. The van der Waals surface area contributed by atoms with E-state index in [4.69, 9.17) is 0 Å². The fourth-order valence-corrected chi connectivity index (χ4v) is 4.09. The fraction of sp³-hybridized carbons (Fsp3) is 0.588. The third-order valence-electron chi connectivity index (χ3n) is 5.07. The van der Waals surface area contributed by atoms with Gasteiger partial charge in [-0.2, -0.15) is 0 Å². The van der Waals surface area contributed by atoms with Gasteiger partial charge in [-0.25, -0.2) is 0 Å². The molecule has 19 heavy (non-hydrogen) atoms. The molecule has 2 aliphatic carbocycles. The van der Waals surface area contributed by atoms with Crippen molar-refractivity contribution in [3.63, 3.8) is 0 Å². The summed E-state index contributed by atoms with van der Waals surface area (Å²) in [6.45, 7) is 4.20. The zero-order chi connectivity index (χ0) is 13.4. The van der Waals surface area contributed by atoms with Crippen LogP contribution in [0.4, 0.5) is 0 Å². The zero-order valence-electron chi connectivity index (χ0n) is 11.9. The molecule has 0 saturated heterocycles. The molecule has 0 aromatic heterocycles. The molecule has 4 atom stereocenters. The van der Waals surface area contributed by atoms with Gasteiger partial charge in [-0.15, -0.1) is 0 Å². The van der Waals surface area contributed by atoms with Crippen molar-refractivity contribution in [1.82, 2.24) is 5.32 Å². The molecule has 0 heterocycles. The maximum Gasteiger partial charge on any atom is 0.251 e. The van der Waals surface area contributed by atoms with E-state index in [9.17, 15) is 4.79 Å². The van der Waals surface area contributed by atoms with E-state index >= 15 is 0 Å². The Morgan fingerprint density at radius 2 is 2.16 bits per heavy atom. The lowest BCUT2D eigenvalue weighted by Gasteiger charge is -2.28. The van der Waals surface area contributed by atoms with Gasteiger partial charge in [0.05, 0.1) is 0 Å². The summed E-state index contributed by atoms with van der Waals surface area (Å²) in [5.41, 5.74) is 1.93. The van der Waals surface area contributed by atoms with Crippen molar-refractivity contribution in [1.29, 1.82) is 0 Å². The maximum absolute atomic E-state index is 12.3. The molecule has 2 nitrogen and oxygen atoms in total. The van der Waals surface area contributed by atoms with Gasteiger partial charge in [-0.3, -0.25) is 4.79 Å². The predicted molar refractivity (Wildman–Crippen MR) is 77.0 cm³/mol. The van der Waals surface area contributed by atoms with Crippen molar-refractivity contribution in [3.8, 4) is 0 Å². The zero-order valence-corrected chi connectivity index (χ0v) is 11.9. The number of aryl methyl sites for hydroxylation is 1. The molecule has 1 N–H and O–H groups in total. The molecule has 2 saturated carbocycles. The minimum atomic E-state index is 0.0824. The minimum absolute atomic E-state index is 0.0824. The molecule has 1 aromatic carbocycles. The second-order valence-electron chi connectivity index (χ2n) is 6.47. The predicted octanol–water partition coefficient (Wildman–Crippen LogP) is 3.55. The lowest BCUT2D eigenvalue weighted by atomic mass is 9.84. The highest BCUT2D eigenvalue weighted by atomic mass is 16.1. The number of nitrogens with one attached hydrogen (secondary N) is 1. The lowest BCUT2D eigenvalue weighted by molar-refractivity contribution is 0.0915. The summed E-state index contributed by atoms with van der Waals surface area (Å²) >= 11 is 0. The Kier molecular flexibility index (Phi) is 3.34. The second kappa shape index (κ2) is 4.99. The lowest BCUT2D eigenvalue weighted by Crippen LogP contribution is -2.40. The molecule has 0 spiro atoms. The largest absolute Gasteiger partial charge is 0.349 e. The molecule has 1 amide bonds. The van der Waals surface area contributed by atoms with E-state index in [0.29, 0.717) is 12.0 Å². The average Bonchev–Trinajstić information content (AvgIpc) is 3.00. The van der Waals surface area contributed by atoms with Crippen LogP contribution in [0.1, 0.15) is 48.5 Å². The Morgan fingerprint density at radius 1 is 1.32 bits per heavy atom. The Balaban J connectivity index is 1.63. The highest BCUT2D eigenvalue weighted by molar-refractivity contribution is 5.94. The van der Waals surface area contributed by atoms with Crippen molar-refractivity contribution < 1.29 is 4.79 Å². The number of rotatable bonds is 3. The van der Waals surface area contributed by atoms with Crippen LogP contribution in [0, 0.1) is 24.7 Å². The molecular weight excluding hydrogens is 234 g/mol. The summed E-state index contributed by atoms with van der Waals surface area (Å²) in [5.74, 6) is 2.58. The number of carbonyl (C=O) groups is 1. The first kappa shape index (κ1) is 12.7. The van der Waals surface area contributed by atoms with E-state index < -0.39 is 0 Å².